The fourth-order valence-corrected chi connectivity index (χ4v) is 2.56. The summed E-state index contributed by atoms with van der Waals surface area (Å²) in [6.07, 6.45) is 1.35. The van der Waals surface area contributed by atoms with Gasteiger partial charge < -0.3 is 14.5 Å². The van der Waals surface area contributed by atoms with Crippen molar-refractivity contribution in [2.24, 2.45) is 5.92 Å². The Bertz CT molecular complexity index is 340. The summed E-state index contributed by atoms with van der Waals surface area (Å²) in [6.45, 7) is 6.11. The highest BCUT2D eigenvalue weighted by Crippen LogP contribution is 2.32. The van der Waals surface area contributed by atoms with Gasteiger partial charge in [0.15, 0.2) is 4.67 Å². The molecule has 3 atom stereocenters. The number of furan rings is 1. The van der Waals surface area contributed by atoms with Crippen molar-refractivity contribution in [3.8, 4) is 0 Å². The summed E-state index contributed by atoms with van der Waals surface area (Å²) >= 11 is 3.34. The van der Waals surface area contributed by atoms with Crippen LogP contribution in [-0.4, -0.2) is 19.3 Å². The van der Waals surface area contributed by atoms with Crippen molar-refractivity contribution < 1.29 is 9.15 Å². The molecule has 2 heterocycles. The van der Waals surface area contributed by atoms with Crippen LogP contribution in [0.25, 0.3) is 0 Å². The Hall–Kier alpha value is -0.320. The van der Waals surface area contributed by atoms with Gasteiger partial charge in [0.25, 0.3) is 0 Å². The molecule has 3 unspecified atom stereocenters. The molecule has 1 fully saturated rings. The monoisotopic (exact) mass is 287 g/mol. The average molecular weight is 288 g/mol. The standard InChI is InChI=1S/C12H18BrNO2/c1-3-14-11(9-4-5-10(13)16-9)12-8(2)6-7-15-12/h4-5,8,11-12,14H,3,6-7H2,1-2H3. The van der Waals surface area contributed by atoms with Gasteiger partial charge in [-0.25, -0.2) is 0 Å². The zero-order valence-electron chi connectivity index (χ0n) is 9.70. The van der Waals surface area contributed by atoms with Crippen molar-refractivity contribution in [1.82, 2.24) is 5.32 Å². The molecule has 2 rings (SSSR count). The van der Waals surface area contributed by atoms with Crippen LogP contribution >= 0.6 is 15.9 Å². The number of hydrogen-bond donors (Lipinski definition) is 1. The second-order valence-electron chi connectivity index (χ2n) is 4.28. The molecule has 1 aromatic rings. The molecule has 1 aliphatic rings. The van der Waals surface area contributed by atoms with E-state index in [-0.39, 0.29) is 12.1 Å². The maximum atomic E-state index is 5.81. The van der Waals surface area contributed by atoms with Gasteiger partial charge in [-0.2, -0.15) is 0 Å². The number of likely N-dealkylation sites (N-methyl/N-ethyl adjacent to an activating group) is 1. The SMILES string of the molecule is CCNC(c1ccc(Br)o1)C1OCCC1C. The molecule has 16 heavy (non-hydrogen) atoms. The van der Waals surface area contributed by atoms with Crippen molar-refractivity contribution in [1.29, 1.82) is 0 Å². The normalized spacial score (nSPS) is 27.2. The van der Waals surface area contributed by atoms with Crippen LogP contribution in [0.4, 0.5) is 0 Å². The van der Waals surface area contributed by atoms with E-state index in [9.17, 15) is 0 Å². The molecular weight excluding hydrogens is 270 g/mol. The highest BCUT2D eigenvalue weighted by molar-refractivity contribution is 9.10. The van der Waals surface area contributed by atoms with Crippen LogP contribution in [0.15, 0.2) is 21.2 Å². The first-order valence-corrected chi connectivity index (χ1v) is 6.62. The third-order valence-corrected chi connectivity index (χ3v) is 3.52. The van der Waals surface area contributed by atoms with E-state index in [4.69, 9.17) is 9.15 Å². The summed E-state index contributed by atoms with van der Waals surface area (Å²) in [7, 11) is 0. The first kappa shape index (κ1) is 12.1. The van der Waals surface area contributed by atoms with E-state index in [1.54, 1.807) is 0 Å². The third-order valence-electron chi connectivity index (χ3n) is 3.10. The fraction of sp³-hybridized carbons (Fsp3) is 0.667. The minimum Gasteiger partial charge on any atom is -0.453 e. The smallest absolute Gasteiger partial charge is 0.169 e. The Morgan fingerprint density at radius 3 is 2.88 bits per heavy atom. The quantitative estimate of drug-likeness (QED) is 0.924. The van der Waals surface area contributed by atoms with E-state index in [1.807, 2.05) is 12.1 Å². The second-order valence-corrected chi connectivity index (χ2v) is 5.06. The van der Waals surface area contributed by atoms with E-state index in [2.05, 4.69) is 35.1 Å². The van der Waals surface area contributed by atoms with E-state index < -0.39 is 0 Å². The maximum Gasteiger partial charge on any atom is 0.169 e. The van der Waals surface area contributed by atoms with E-state index in [1.165, 1.54) is 0 Å². The molecule has 0 amide bonds. The molecule has 90 valence electrons. The van der Waals surface area contributed by atoms with Crippen LogP contribution in [0.2, 0.25) is 0 Å². The minimum absolute atomic E-state index is 0.161. The average Bonchev–Trinajstić information content (AvgIpc) is 2.84. The van der Waals surface area contributed by atoms with Crippen molar-refractivity contribution in [3.63, 3.8) is 0 Å². The van der Waals surface area contributed by atoms with Gasteiger partial charge in [0.1, 0.15) is 5.76 Å². The van der Waals surface area contributed by atoms with Crippen molar-refractivity contribution in [2.45, 2.75) is 32.4 Å². The lowest BCUT2D eigenvalue weighted by Crippen LogP contribution is -2.34. The van der Waals surface area contributed by atoms with Crippen LogP contribution in [0, 0.1) is 5.92 Å². The van der Waals surface area contributed by atoms with E-state index in [0.29, 0.717) is 5.92 Å². The number of hydrogen-bond acceptors (Lipinski definition) is 3. The molecule has 0 aliphatic carbocycles. The molecule has 0 saturated carbocycles. The zero-order valence-corrected chi connectivity index (χ0v) is 11.3. The molecule has 0 aromatic carbocycles. The predicted molar refractivity (Wildman–Crippen MR) is 66.3 cm³/mol. The second kappa shape index (κ2) is 5.34. The van der Waals surface area contributed by atoms with Crippen LogP contribution in [0.3, 0.4) is 0 Å². The first-order chi connectivity index (χ1) is 7.72. The minimum atomic E-state index is 0.161. The lowest BCUT2D eigenvalue weighted by atomic mass is 9.96. The van der Waals surface area contributed by atoms with Crippen LogP contribution in [0.5, 0.6) is 0 Å². The van der Waals surface area contributed by atoms with Gasteiger partial charge in [-0.15, -0.1) is 0 Å². The summed E-state index contributed by atoms with van der Waals surface area (Å²) in [5, 5.41) is 3.44. The van der Waals surface area contributed by atoms with Gasteiger partial charge in [-0.3, -0.25) is 0 Å². The summed E-state index contributed by atoms with van der Waals surface area (Å²) in [5.41, 5.74) is 0. The fourth-order valence-electron chi connectivity index (χ4n) is 2.24. The van der Waals surface area contributed by atoms with E-state index in [0.717, 1.165) is 30.0 Å². The Morgan fingerprint density at radius 2 is 2.38 bits per heavy atom. The van der Waals surface area contributed by atoms with E-state index >= 15 is 0 Å². The maximum absolute atomic E-state index is 5.81. The zero-order chi connectivity index (χ0) is 11.5. The Kier molecular flexibility index (Phi) is 4.05. The van der Waals surface area contributed by atoms with Crippen LogP contribution in [-0.2, 0) is 4.74 Å². The molecular formula is C12H18BrNO2. The number of rotatable bonds is 4. The molecule has 0 spiro atoms. The Labute approximate surface area is 105 Å². The van der Waals surface area contributed by atoms with Crippen LogP contribution in [0.1, 0.15) is 32.1 Å². The molecule has 1 N–H and O–H groups in total. The van der Waals surface area contributed by atoms with Gasteiger partial charge in [-0.1, -0.05) is 13.8 Å². The van der Waals surface area contributed by atoms with Gasteiger partial charge in [-0.05, 0) is 46.9 Å². The molecule has 4 heteroatoms. The Morgan fingerprint density at radius 1 is 1.56 bits per heavy atom. The number of halogens is 1. The molecule has 0 bridgehead atoms. The number of ether oxygens (including phenoxy) is 1. The largest absolute Gasteiger partial charge is 0.453 e. The van der Waals surface area contributed by atoms with Crippen LogP contribution < -0.4 is 5.32 Å². The third kappa shape index (κ3) is 2.50. The highest BCUT2D eigenvalue weighted by atomic mass is 79.9. The van der Waals surface area contributed by atoms with Gasteiger partial charge in [0.05, 0.1) is 12.1 Å². The predicted octanol–water partition coefficient (Wildman–Crippen LogP) is 3.12. The summed E-state index contributed by atoms with van der Waals surface area (Å²) in [6, 6.07) is 4.10. The summed E-state index contributed by atoms with van der Waals surface area (Å²) in [4.78, 5) is 0. The Balaban J connectivity index is 2.16. The van der Waals surface area contributed by atoms with Crippen molar-refractivity contribution in [3.05, 3.63) is 22.6 Å². The lowest BCUT2D eigenvalue weighted by molar-refractivity contribution is 0.0541. The first-order valence-electron chi connectivity index (χ1n) is 5.82. The molecule has 3 nitrogen and oxygen atoms in total. The lowest BCUT2D eigenvalue weighted by Gasteiger charge is -2.25. The van der Waals surface area contributed by atoms with Gasteiger partial charge >= 0.3 is 0 Å². The number of nitrogens with one attached hydrogen (secondary N) is 1. The highest BCUT2D eigenvalue weighted by Gasteiger charge is 2.34. The summed E-state index contributed by atoms with van der Waals surface area (Å²) in [5.74, 6) is 1.53. The van der Waals surface area contributed by atoms with Gasteiger partial charge in [0.2, 0.25) is 0 Å². The molecule has 0 radical (unpaired) electrons. The summed E-state index contributed by atoms with van der Waals surface area (Å²) < 4.78 is 12.2. The molecule has 1 saturated heterocycles. The van der Waals surface area contributed by atoms with Crippen molar-refractivity contribution in [2.75, 3.05) is 13.2 Å². The molecule has 1 aliphatic heterocycles. The van der Waals surface area contributed by atoms with Gasteiger partial charge in [0, 0.05) is 6.61 Å². The molecule has 1 aromatic heterocycles. The topological polar surface area (TPSA) is 34.4 Å². The van der Waals surface area contributed by atoms with Crippen molar-refractivity contribution >= 4 is 15.9 Å².